The Labute approximate surface area is 144 Å². The van der Waals surface area contributed by atoms with Gasteiger partial charge in [-0.1, -0.05) is 36.4 Å². The first-order valence-electron chi connectivity index (χ1n) is 7.97. The number of aliphatic hydroxyl groups excluding tert-OH is 1. The molecule has 0 heterocycles. The zero-order valence-electron chi connectivity index (χ0n) is 13.4. The highest BCUT2D eigenvalue weighted by Gasteiger charge is 2.20. The molecule has 3 rings (SSSR count). The standard InChI is InChI=1S/C21H17F3O/c22-17-7-1-14(2-8-17)20(15-3-9-18(23)10-4-15)13-21(25)16-5-11-19(24)12-6-16/h1-12,20-21,25H,13H2. The third-order valence-corrected chi connectivity index (χ3v) is 4.26. The fraction of sp³-hybridized carbons (Fsp3) is 0.143. The Morgan fingerprint density at radius 1 is 0.560 bits per heavy atom. The van der Waals surface area contributed by atoms with E-state index in [-0.39, 0.29) is 23.4 Å². The SMILES string of the molecule is OC(CC(c1ccc(F)cc1)c1ccc(F)cc1)c1ccc(F)cc1. The van der Waals surface area contributed by atoms with Crippen molar-refractivity contribution in [2.75, 3.05) is 0 Å². The van der Waals surface area contributed by atoms with Gasteiger partial charge in [0.25, 0.3) is 0 Å². The molecule has 0 aromatic heterocycles. The van der Waals surface area contributed by atoms with Gasteiger partial charge in [-0.05, 0) is 59.5 Å². The van der Waals surface area contributed by atoms with Gasteiger partial charge in [-0.3, -0.25) is 0 Å². The molecule has 0 spiro atoms. The van der Waals surface area contributed by atoms with Gasteiger partial charge >= 0.3 is 0 Å². The van der Waals surface area contributed by atoms with Gasteiger partial charge in [0.05, 0.1) is 6.10 Å². The van der Waals surface area contributed by atoms with Crippen LogP contribution in [0.25, 0.3) is 0 Å². The summed E-state index contributed by atoms with van der Waals surface area (Å²) < 4.78 is 39.5. The molecule has 0 aliphatic carbocycles. The number of aliphatic hydroxyl groups is 1. The Morgan fingerprint density at radius 3 is 1.24 bits per heavy atom. The van der Waals surface area contributed by atoms with Gasteiger partial charge in [0.1, 0.15) is 17.5 Å². The number of hydrogen-bond donors (Lipinski definition) is 1. The third-order valence-electron chi connectivity index (χ3n) is 4.26. The minimum atomic E-state index is -0.833. The predicted octanol–water partition coefficient (Wildman–Crippen LogP) is 5.36. The molecule has 3 aromatic carbocycles. The predicted molar refractivity (Wildman–Crippen MR) is 90.6 cm³/mol. The highest BCUT2D eigenvalue weighted by molar-refractivity contribution is 5.34. The average Bonchev–Trinajstić information content (AvgIpc) is 2.62. The van der Waals surface area contributed by atoms with Crippen molar-refractivity contribution in [3.8, 4) is 0 Å². The van der Waals surface area contributed by atoms with E-state index < -0.39 is 6.10 Å². The molecule has 1 atom stereocenters. The first-order valence-corrected chi connectivity index (χ1v) is 7.97. The van der Waals surface area contributed by atoms with Crippen molar-refractivity contribution in [3.63, 3.8) is 0 Å². The molecule has 0 saturated carbocycles. The fourth-order valence-electron chi connectivity index (χ4n) is 2.90. The third kappa shape index (κ3) is 4.28. The van der Waals surface area contributed by atoms with Gasteiger partial charge in [-0.25, -0.2) is 13.2 Å². The summed E-state index contributed by atoms with van der Waals surface area (Å²) in [5.41, 5.74) is 2.22. The van der Waals surface area contributed by atoms with Crippen LogP contribution >= 0.6 is 0 Å². The summed E-state index contributed by atoms with van der Waals surface area (Å²) in [6, 6.07) is 17.7. The minimum absolute atomic E-state index is 0.249. The molecule has 0 bridgehead atoms. The highest BCUT2D eigenvalue weighted by atomic mass is 19.1. The summed E-state index contributed by atoms with van der Waals surface area (Å²) in [5, 5.41) is 10.5. The Balaban J connectivity index is 1.91. The summed E-state index contributed by atoms with van der Waals surface area (Å²) in [6.07, 6.45) is -0.524. The van der Waals surface area contributed by atoms with Gasteiger partial charge in [0.15, 0.2) is 0 Å². The summed E-state index contributed by atoms with van der Waals surface area (Å²) in [6.45, 7) is 0. The normalized spacial score (nSPS) is 12.4. The molecule has 0 aliphatic heterocycles. The molecule has 1 unspecified atom stereocenters. The van der Waals surface area contributed by atoms with Gasteiger partial charge in [0.2, 0.25) is 0 Å². The molecule has 0 saturated heterocycles. The largest absolute Gasteiger partial charge is 0.388 e. The zero-order chi connectivity index (χ0) is 17.8. The van der Waals surface area contributed by atoms with Gasteiger partial charge in [-0.15, -0.1) is 0 Å². The summed E-state index contributed by atoms with van der Waals surface area (Å²) in [7, 11) is 0. The van der Waals surface area contributed by atoms with Crippen molar-refractivity contribution in [2.45, 2.75) is 18.4 Å². The molecular formula is C21H17F3O. The van der Waals surface area contributed by atoms with Crippen LogP contribution in [0.15, 0.2) is 72.8 Å². The van der Waals surface area contributed by atoms with E-state index in [4.69, 9.17) is 0 Å². The molecular weight excluding hydrogens is 325 g/mol. The van der Waals surface area contributed by atoms with Crippen LogP contribution in [0.3, 0.4) is 0 Å². The summed E-state index contributed by atoms with van der Waals surface area (Å²) in [5.74, 6) is -1.31. The zero-order valence-corrected chi connectivity index (χ0v) is 13.4. The van der Waals surface area contributed by atoms with E-state index in [1.54, 1.807) is 24.3 Å². The topological polar surface area (TPSA) is 20.2 Å². The van der Waals surface area contributed by atoms with Crippen LogP contribution in [0.2, 0.25) is 0 Å². The number of hydrogen-bond acceptors (Lipinski definition) is 1. The molecule has 0 aliphatic rings. The van der Waals surface area contributed by atoms with E-state index >= 15 is 0 Å². The van der Waals surface area contributed by atoms with E-state index in [0.29, 0.717) is 12.0 Å². The number of rotatable bonds is 5. The molecule has 1 nitrogen and oxygen atoms in total. The lowest BCUT2D eigenvalue weighted by Gasteiger charge is -2.22. The van der Waals surface area contributed by atoms with Crippen LogP contribution in [0, 0.1) is 17.5 Å². The van der Waals surface area contributed by atoms with Crippen LogP contribution in [-0.2, 0) is 0 Å². The van der Waals surface area contributed by atoms with E-state index in [1.165, 1.54) is 48.5 Å². The average molecular weight is 342 g/mol. The molecule has 3 aromatic rings. The van der Waals surface area contributed by atoms with Gasteiger partial charge < -0.3 is 5.11 Å². The van der Waals surface area contributed by atoms with Crippen molar-refractivity contribution >= 4 is 0 Å². The van der Waals surface area contributed by atoms with E-state index in [0.717, 1.165) is 11.1 Å². The lowest BCUT2D eigenvalue weighted by Crippen LogP contribution is -2.08. The second-order valence-electron chi connectivity index (χ2n) is 5.96. The molecule has 4 heteroatoms. The van der Waals surface area contributed by atoms with Crippen LogP contribution in [0.1, 0.15) is 35.1 Å². The van der Waals surface area contributed by atoms with Crippen molar-refractivity contribution in [1.82, 2.24) is 0 Å². The van der Waals surface area contributed by atoms with Crippen molar-refractivity contribution in [2.24, 2.45) is 0 Å². The van der Waals surface area contributed by atoms with Crippen molar-refractivity contribution < 1.29 is 18.3 Å². The van der Waals surface area contributed by atoms with E-state index in [1.807, 2.05) is 0 Å². The molecule has 0 amide bonds. The first-order chi connectivity index (χ1) is 12.0. The Hall–Kier alpha value is -2.59. The molecule has 25 heavy (non-hydrogen) atoms. The van der Waals surface area contributed by atoms with Gasteiger partial charge in [-0.2, -0.15) is 0 Å². The molecule has 0 fully saturated rings. The maximum Gasteiger partial charge on any atom is 0.123 e. The smallest absolute Gasteiger partial charge is 0.123 e. The Morgan fingerprint density at radius 2 is 0.880 bits per heavy atom. The fourth-order valence-corrected chi connectivity index (χ4v) is 2.90. The quantitative estimate of drug-likeness (QED) is 0.662. The van der Waals surface area contributed by atoms with Crippen molar-refractivity contribution in [3.05, 3.63) is 107 Å². The van der Waals surface area contributed by atoms with Gasteiger partial charge in [0, 0.05) is 5.92 Å². The summed E-state index contributed by atoms with van der Waals surface area (Å²) in [4.78, 5) is 0. The second kappa shape index (κ2) is 7.53. The van der Waals surface area contributed by atoms with Crippen LogP contribution in [-0.4, -0.2) is 5.11 Å². The van der Waals surface area contributed by atoms with Crippen LogP contribution in [0.5, 0.6) is 0 Å². The molecule has 0 radical (unpaired) electrons. The second-order valence-corrected chi connectivity index (χ2v) is 5.96. The Kier molecular flexibility index (Phi) is 5.19. The van der Waals surface area contributed by atoms with Crippen LogP contribution in [0.4, 0.5) is 13.2 Å². The monoisotopic (exact) mass is 342 g/mol. The maximum absolute atomic E-state index is 13.2. The van der Waals surface area contributed by atoms with Crippen molar-refractivity contribution in [1.29, 1.82) is 0 Å². The molecule has 128 valence electrons. The lowest BCUT2D eigenvalue weighted by molar-refractivity contribution is 0.162. The minimum Gasteiger partial charge on any atom is -0.388 e. The Bertz CT molecular complexity index is 766. The highest BCUT2D eigenvalue weighted by Crippen LogP contribution is 2.34. The number of halogens is 3. The lowest BCUT2D eigenvalue weighted by atomic mass is 9.85. The molecule has 1 N–H and O–H groups in total. The first kappa shape index (κ1) is 17.2. The number of benzene rings is 3. The van der Waals surface area contributed by atoms with E-state index in [2.05, 4.69) is 0 Å². The maximum atomic E-state index is 13.2. The van der Waals surface area contributed by atoms with Crippen LogP contribution < -0.4 is 0 Å². The summed E-state index contributed by atoms with van der Waals surface area (Å²) >= 11 is 0. The van der Waals surface area contributed by atoms with E-state index in [9.17, 15) is 18.3 Å².